The lowest BCUT2D eigenvalue weighted by Gasteiger charge is -2.23. The molecule has 0 atom stereocenters. The Bertz CT molecular complexity index is 1490. The maximum absolute atomic E-state index is 13.7. The molecule has 0 spiro atoms. The molecule has 174 valence electrons. The number of fused-ring (bicyclic) bond motifs is 1. The van der Waals surface area contributed by atoms with Crippen molar-refractivity contribution in [2.24, 2.45) is 0 Å². The summed E-state index contributed by atoms with van der Waals surface area (Å²) in [6, 6.07) is 27.0. The molecule has 6 nitrogen and oxygen atoms in total. The Balaban J connectivity index is 1.56. The zero-order chi connectivity index (χ0) is 24.2. The highest BCUT2D eigenvalue weighted by Gasteiger charge is 2.23. The fraction of sp³-hybridized carbons (Fsp3) is 0.107. The monoisotopic (exact) mass is 481 g/mol. The minimum Gasteiger partial charge on any atom is -0.497 e. The van der Waals surface area contributed by atoms with Crippen LogP contribution in [0, 0.1) is 0 Å². The lowest BCUT2D eigenvalue weighted by Crippen LogP contribution is -2.35. The van der Waals surface area contributed by atoms with E-state index in [0.29, 0.717) is 29.5 Å². The van der Waals surface area contributed by atoms with Crippen molar-refractivity contribution in [2.75, 3.05) is 7.11 Å². The van der Waals surface area contributed by atoms with Gasteiger partial charge in [-0.15, -0.1) is 11.3 Å². The average molecular weight is 482 g/mol. The standard InChI is InChI=1S/C28H23N3O3S/c1-34-23-14-8-13-22(15-23)25-19-35-28-29-16-24(27(33)31(25)28)26(32)30(17-20-9-4-2-5-10-20)18-21-11-6-3-7-12-21/h2-16,19H,17-18H2,1H3. The van der Waals surface area contributed by atoms with Crippen LogP contribution >= 0.6 is 11.3 Å². The topological polar surface area (TPSA) is 63.9 Å². The van der Waals surface area contributed by atoms with Gasteiger partial charge in [-0.05, 0) is 23.3 Å². The number of carbonyl (C=O) groups is 1. The van der Waals surface area contributed by atoms with E-state index in [2.05, 4.69) is 4.98 Å². The van der Waals surface area contributed by atoms with Gasteiger partial charge in [-0.2, -0.15) is 0 Å². The number of nitrogens with zero attached hydrogens (tertiary/aromatic N) is 3. The summed E-state index contributed by atoms with van der Waals surface area (Å²) in [5.41, 5.74) is 3.11. The van der Waals surface area contributed by atoms with Crippen molar-refractivity contribution in [1.29, 1.82) is 0 Å². The van der Waals surface area contributed by atoms with Crippen molar-refractivity contribution in [1.82, 2.24) is 14.3 Å². The Morgan fingerprint density at radius 1 is 0.943 bits per heavy atom. The number of benzene rings is 3. The molecule has 0 saturated heterocycles. The van der Waals surface area contributed by atoms with E-state index in [0.717, 1.165) is 16.7 Å². The zero-order valence-electron chi connectivity index (χ0n) is 19.1. The number of hydrogen-bond donors (Lipinski definition) is 0. The molecule has 3 aromatic carbocycles. The van der Waals surface area contributed by atoms with E-state index in [9.17, 15) is 9.59 Å². The lowest BCUT2D eigenvalue weighted by atomic mass is 10.1. The molecule has 5 aromatic rings. The van der Waals surface area contributed by atoms with Gasteiger partial charge in [0.25, 0.3) is 11.5 Å². The van der Waals surface area contributed by atoms with Crippen LogP contribution in [-0.4, -0.2) is 27.3 Å². The molecule has 0 unspecified atom stereocenters. The van der Waals surface area contributed by atoms with Gasteiger partial charge in [0.15, 0.2) is 4.96 Å². The number of carbonyl (C=O) groups excluding carboxylic acids is 1. The minimum atomic E-state index is -0.384. The number of amides is 1. The SMILES string of the molecule is COc1cccc(-c2csc3ncc(C(=O)N(Cc4ccccc4)Cc4ccccc4)c(=O)n23)c1. The number of ether oxygens (including phenoxy) is 1. The summed E-state index contributed by atoms with van der Waals surface area (Å²) in [7, 11) is 1.60. The molecule has 0 fully saturated rings. The van der Waals surface area contributed by atoms with Gasteiger partial charge < -0.3 is 9.64 Å². The number of methoxy groups -OCH3 is 1. The van der Waals surface area contributed by atoms with Gasteiger partial charge in [0.2, 0.25) is 0 Å². The first-order valence-corrected chi connectivity index (χ1v) is 12.0. The van der Waals surface area contributed by atoms with Crippen LogP contribution in [0.1, 0.15) is 21.5 Å². The highest BCUT2D eigenvalue weighted by molar-refractivity contribution is 7.15. The molecule has 0 aliphatic carbocycles. The smallest absolute Gasteiger partial charge is 0.271 e. The van der Waals surface area contributed by atoms with Crippen LogP contribution in [0.15, 0.2) is 101 Å². The molecule has 0 saturated carbocycles. The molecule has 2 heterocycles. The van der Waals surface area contributed by atoms with Crippen molar-refractivity contribution < 1.29 is 9.53 Å². The summed E-state index contributed by atoms with van der Waals surface area (Å²) in [4.78, 5) is 34.1. The second kappa shape index (κ2) is 9.95. The second-order valence-electron chi connectivity index (χ2n) is 8.08. The van der Waals surface area contributed by atoms with E-state index in [4.69, 9.17) is 4.74 Å². The van der Waals surface area contributed by atoms with Gasteiger partial charge in [0.05, 0.1) is 12.8 Å². The average Bonchev–Trinajstić information content (AvgIpc) is 3.35. The van der Waals surface area contributed by atoms with Crippen molar-refractivity contribution >= 4 is 22.2 Å². The van der Waals surface area contributed by atoms with Crippen molar-refractivity contribution in [2.45, 2.75) is 13.1 Å². The van der Waals surface area contributed by atoms with Crippen LogP contribution in [0.4, 0.5) is 0 Å². The third-order valence-corrected chi connectivity index (χ3v) is 6.60. The molecule has 2 aromatic heterocycles. The summed E-state index contributed by atoms with van der Waals surface area (Å²) in [6.45, 7) is 0.756. The normalized spacial score (nSPS) is 10.9. The van der Waals surface area contributed by atoms with Crippen LogP contribution < -0.4 is 10.3 Å². The Morgan fingerprint density at radius 2 is 1.60 bits per heavy atom. The second-order valence-corrected chi connectivity index (χ2v) is 8.92. The Morgan fingerprint density at radius 3 is 2.23 bits per heavy atom. The van der Waals surface area contributed by atoms with E-state index >= 15 is 0 Å². The van der Waals surface area contributed by atoms with E-state index in [1.54, 1.807) is 12.0 Å². The predicted molar refractivity (Wildman–Crippen MR) is 138 cm³/mol. The van der Waals surface area contributed by atoms with Gasteiger partial charge >= 0.3 is 0 Å². The van der Waals surface area contributed by atoms with Gasteiger partial charge in [0, 0.05) is 30.2 Å². The molecule has 1 amide bonds. The molecule has 0 radical (unpaired) electrons. The third kappa shape index (κ3) is 4.72. The summed E-state index contributed by atoms with van der Waals surface area (Å²) >= 11 is 1.36. The van der Waals surface area contributed by atoms with Crippen molar-refractivity contribution in [3.63, 3.8) is 0 Å². The molecular weight excluding hydrogens is 458 g/mol. The van der Waals surface area contributed by atoms with E-state index in [1.807, 2.05) is 90.3 Å². The molecule has 0 aliphatic rings. The molecule has 0 aliphatic heterocycles. The summed E-state index contributed by atoms with van der Waals surface area (Å²) in [5.74, 6) is 0.333. The van der Waals surface area contributed by atoms with Crippen LogP contribution in [-0.2, 0) is 13.1 Å². The van der Waals surface area contributed by atoms with Gasteiger partial charge in [-0.3, -0.25) is 14.0 Å². The lowest BCUT2D eigenvalue weighted by molar-refractivity contribution is 0.0727. The molecule has 35 heavy (non-hydrogen) atoms. The van der Waals surface area contributed by atoms with Crippen LogP contribution in [0.25, 0.3) is 16.2 Å². The maximum Gasteiger partial charge on any atom is 0.271 e. The zero-order valence-corrected chi connectivity index (χ0v) is 19.9. The molecule has 0 bridgehead atoms. The van der Waals surface area contributed by atoms with E-state index < -0.39 is 0 Å². The van der Waals surface area contributed by atoms with Crippen LogP contribution in [0.2, 0.25) is 0 Å². The van der Waals surface area contributed by atoms with Gasteiger partial charge in [-0.1, -0.05) is 72.8 Å². The summed E-state index contributed by atoms with van der Waals surface area (Å²) in [5, 5.41) is 1.87. The van der Waals surface area contributed by atoms with E-state index in [1.165, 1.54) is 21.9 Å². The summed E-state index contributed by atoms with van der Waals surface area (Å²) < 4.78 is 6.85. The predicted octanol–water partition coefficient (Wildman–Crippen LogP) is 5.27. The number of aromatic nitrogens is 2. The van der Waals surface area contributed by atoms with Crippen molar-refractivity contribution in [3.8, 4) is 17.0 Å². The van der Waals surface area contributed by atoms with Gasteiger partial charge in [0.1, 0.15) is 11.3 Å². The number of hydrogen-bond acceptors (Lipinski definition) is 5. The van der Waals surface area contributed by atoms with Gasteiger partial charge in [-0.25, -0.2) is 4.98 Å². The number of rotatable bonds is 7. The Kier molecular flexibility index (Phi) is 6.41. The molecule has 5 rings (SSSR count). The first-order valence-electron chi connectivity index (χ1n) is 11.1. The fourth-order valence-corrected chi connectivity index (χ4v) is 4.86. The molecule has 7 heteroatoms. The Hall–Kier alpha value is -4.23. The molecular formula is C28H23N3O3S. The highest BCUT2D eigenvalue weighted by Crippen LogP contribution is 2.27. The number of thiazole rings is 1. The minimum absolute atomic E-state index is 0.0388. The maximum atomic E-state index is 13.7. The Labute approximate surface area is 206 Å². The first kappa shape index (κ1) is 22.6. The quantitative estimate of drug-likeness (QED) is 0.318. The third-order valence-electron chi connectivity index (χ3n) is 5.76. The largest absolute Gasteiger partial charge is 0.497 e. The molecule has 0 N–H and O–H groups in total. The van der Waals surface area contributed by atoms with E-state index in [-0.39, 0.29) is 17.0 Å². The van der Waals surface area contributed by atoms with Crippen LogP contribution in [0.5, 0.6) is 5.75 Å². The van der Waals surface area contributed by atoms with Crippen LogP contribution in [0.3, 0.4) is 0 Å². The summed E-state index contributed by atoms with van der Waals surface area (Å²) in [6.07, 6.45) is 1.40. The van der Waals surface area contributed by atoms with Crippen molar-refractivity contribution in [3.05, 3.63) is 124 Å². The highest BCUT2D eigenvalue weighted by atomic mass is 32.1. The first-order chi connectivity index (χ1) is 17.1. The fourth-order valence-electron chi connectivity index (χ4n) is 4.00.